The maximum Gasteiger partial charge on any atom is 0.263 e. The Morgan fingerprint density at radius 3 is 2.75 bits per heavy atom. The number of benzene rings is 1. The van der Waals surface area contributed by atoms with Crippen LogP contribution in [0.2, 0.25) is 0 Å². The first-order valence-corrected chi connectivity index (χ1v) is 8.25. The zero-order valence-electron chi connectivity index (χ0n) is 11.9. The molecule has 0 saturated heterocycles. The molecule has 0 aliphatic heterocycles. The van der Waals surface area contributed by atoms with E-state index in [0.717, 1.165) is 27.4 Å². The molecular weight excluding hydrogens is 336 g/mol. The summed E-state index contributed by atoms with van der Waals surface area (Å²) in [7, 11) is 0. The molecule has 2 rings (SSSR count). The number of thiophene rings is 1. The van der Waals surface area contributed by atoms with E-state index in [-0.39, 0.29) is 11.4 Å². The second kappa shape index (κ2) is 5.74. The molecule has 1 aromatic heterocycles. The Bertz CT molecular complexity index is 649. The lowest BCUT2D eigenvalue weighted by molar-refractivity contribution is 0.0914. The smallest absolute Gasteiger partial charge is 0.263 e. The van der Waals surface area contributed by atoms with Crippen molar-refractivity contribution in [2.75, 3.05) is 5.73 Å². The molecule has 0 fully saturated rings. The molecule has 0 aliphatic carbocycles. The van der Waals surface area contributed by atoms with E-state index in [2.05, 4.69) is 28.2 Å². The number of halogens is 1. The van der Waals surface area contributed by atoms with Gasteiger partial charge in [-0.2, -0.15) is 0 Å². The number of hydrogen-bond donors (Lipinski definition) is 2. The molecule has 0 radical (unpaired) electrons. The van der Waals surface area contributed by atoms with Crippen LogP contribution in [0.3, 0.4) is 0 Å². The minimum atomic E-state index is -0.217. The molecule has 108 valence electrons. The van der Waals surface area contributed by atoms with Gasteiger partial charge in [0, 0.05) is 20.1 Å². The number of nitrogens with two attached hydrogens (primary N) is 1. The van der Waals surface area contributed by atoms with E-state index in [1.807, 2.05) is 32.0 Å². The number of fused-ring (bicyclic) bond motifs is 1. The maximum absolute atomic E-state index is 12.4. The molecule has 0 atom stereocenters. The first kappa shape index (κ1) is 15.3. The summed E-state index contributed by atoms with van der Waals surface area (Å²) in [5, 5.41) is 4.00. The molecule has 0 aliphatic rings. The number of rotatable bonds is 4. The van der Waals surface area contributed by atoms with E-state index in [9.17, 15) is 4.79 Å². The summed E-state index contributed by atoms with van der Waals surface area (Å²) in [6, 6.07) is 5.87. The fraction of sp³-hybridized carbons (Fsp3) is 0.400. The first-order chi connectivity index (χ1) is 9.35. The summed E-state index contributed by atoms with van der Waals surface area (Å²) in [6.07, 6.45) is 1.97. The molecule has 2 aromatic rings. The summed E-state index contributed by atoms with van der Waals surface area (Å²) in [6.45, 7) is 6.18. The first-order valence-electron chi connectivity index (χ1n) is 6.64. The van der Waals surface area contributed by atoms with Gasteiger partial charge in [-0.1, -0.05) is 35.3 Å². The Hall–Kier alpha value is -1.07. The standard InChI is InChI=1S/C15H19BrN2OS/c1-4-8-15(2,3)18-14(19)13-12(17)11-9(16)6-5-7-10(11)20-13/h5-7H,4,8,17H2,1-3H3,(H,18,19). The third-order valence-electron chi connectivity index (χ3n) is 3.23. The lowest BCUT2D eigenvalue weighted by atomic mass is 9.99. The summed E-state index contributed by atoms with van der Waals surface area (Å²) in [4.78, 5) is 13.0. The van der Waals surface area contributed by atoms with Gasteiger partial charge in [0.1, 0.15) is 4.88 Å². The molecule has 1 amide bonds. The van der Waals surface area contributed by atoms with Crippen LogP contribution in [0.15, 0.2) is 22.7 Å². The Kier molecular flexibility index (Phi) is 4.39. The summed E-state index contributed by atoms with van der Waals surface area (Å²) in [5.74, 6) is -0.0888. The SMILES string of the molecule is CCCC(C)(C)NC(=O)c1sc2cccc(Br)c2c1N. The van der Waals surface area contributed by atoms with E-state index >= 15 is 0 Å². The van der Waals surface area contributed by atoms with Gasteiger partial charge in [-0.05, 0) is 32.4 Å². The predicted molar refractivity (Wildman–Crippen MR) is 90.4 cm³/mol. The van der Waals surface area contributed by atoms with Gasteiger partial charge < -0.3 is 11.1 Å². The van der Waals surface area contributed by atoms with Crippen LogP contribution in [0.25, 0.3) is 10.1 Å². The van der Waals surface area contributed by atoms with Crippen molar-refractivity contribution in [3.8, 4) is 0 Å². The average Bonchev–Trinajstić information content (AvgIpc) is 2.67. The highest BCUT2D eigenvalue weighted by atomic mass is 79.9. The maximum atomic E-state index is 12.4. The third kappa shape index (κ3) is 2.99. The Labute approximate surface area is 131 Å². The summed E-state index contributed by atoms with van der Waals surface area (Å²) >= 11 is 4.93. The number of nitrogens with one attached hydrogen (secondary N) is 1. The monoisotopic (exact) mass is 354 g/mol. The second-order valence-corrected chi connectivity index (χ2v) is 7.45. The Morgan fingerprint density at radius 1 is 1.45 bits per heavy atom. The number of hydrogen-bond acceptors (Lipinski definition) is 3. The highest BCUT2D eigenvalue weighted by Gasteiger charge is 2.24. The van der Waals surface area contributed by atoms with Gasteiger partial charge in [-0.15, -0.1) is 11.3 Å². The molecule has 1 heterocycles. The van der Waals surface area contributed by atoms with Crippen LogP contribution in [0.1, 0.15) is 43.3 Å². The van der Waals surface area contributed by atoms with E-state index in [4.69, 9.17) is 5.73 Å². The predicted octanol–water partition coefficient (Wildman–Crippen LogP) is 4.55. The van der Waals surface area contributed by atoms with Crippen molar-refractivity contribution in [1.82, 2.24) is 5.32 Å². The molecule has 3 nitrogen and oxygen atoms in total. The van der Waals surface area contributed by atoms with Crippen LogP contribution >= 0.6 is 27.3 Å². The van der Waals surface area contributed by atoms with Gasteiger partial charge in [0.15, 0.2) is 0 Å². The highest BCUT2D eigenvalue weighted by molar-refractivity contribution is 9.10. The molecule has 1 aromatic carbocycles. The van der Waals surface area contributed by atoms with Gasteiger partial charge >= 0.3 is 0 Å². The van der Waals surface area contributed by atoms with Crippen molar-refractivity contribution in [3.63, 3.8) is 0 Å². The third-order valence-corrected chi connectivity index (χ3v) is 5.06. The van der Waals surface area contributed by atoms with Crippen LogP contribution < -0.4 is 11.1 Å². The van der Waals surface area contributed by atoms with E-state index in [1.165, 1.54) is 11.3 Å². The van der Waals surface area contributed by atoms with Gasteiger partial charge in [0.05, 0.1) is 5.69 Å². The average molecular weight is 355 g/mol. The fourth-order valence-corrected chi connectivity index (χ4v) is 4.10. The van der Waals surface area contributed by atoms with Gasteiger partial charge in [0.2, 0.25) is 0 Å². The molecule has 3 N–H and O–H groups in total. The molecule has 0 saturated carbocycles. The van der Waals surface area contributed by atoms with Crippen molar-refractivity contribution in [3.05, 3.63) is 27.5 Å². The Morgan fingerprint density at radius 2 is 2.15 bits per heavy atom. The van der Waals surface area contributed by atoms with Gasteiger partial charge in [-0.3, -0.25) is 4.79 Å². The minimum Gasteiger partial charge on any atom is -0.397 e. The topological polar surface area (TPSA) is 55.1 Å². The number of amides is 1. The number of carbonyl (C=O) groups excluding carboxylic acids is 1. The molecule has 20 heavy (non-hydrogen) atoms. The van der Waals surface area contributed by atoms with Crippen molar-refractivity contribution in [2.24, 2.45) is 0 Å². The zero-order valence-corrected chi connectivity index (χ0v) is 14.3. The van der Waals surface area contributed by atoms with Gasteiger partial charge in [0.25, 0.3) is 5.91 Å². The second-order valence-electron chi connectivity index (χ2n) is 5.55. The van der Waals surface area contributed by atoms with Gasteiger partial charge in [-0.25, -0.2) is 0 Å². The normalized spacial score (nSPS) is 11.8. The van der Waals surface area contributed by atoms with E-state index in [0.29, 0.717) is 10.6 Å². The van der Waals surface area contributed by atoms with E-state index < -0.39 is 0 Å². The quantitative estimate of drug-likeness (QED) is 0.845. The van der Waals surface area contributed by atoms with Crippen LogP contribution in [0, 0.1) is 0 Å². The van der Waals surface area contributed by atoms with Crippen LogP contribution in [0.4, 0.5) is 5.69 Å². The minimum absolute atomic E-state index is 0.0888. The van der Waals surface area contributed by atoms with Crippen molar-refractivity contribution >= 4 is 48.9 Å². The van der Waals surface area contributed by atoms with Crippen LogP contribution in [-0.4, -0.2) is 11.4 Å². The van der Waals surface area contributed by atoms with E-state index in [1.54, 1.807) is 0 Å². The Balaban J connectivity index is 2.36. The molecule has 0 unspecified atom stereocenters. The number of carbonyl (C=O) groups is 1. The van der Waals surface area contributed by atoms with Crippen molar-refractivity contribution in [1.29, 1.82) is 0 Å². The largest absolute Gasteiger partial charge is 0.397 e. The molecular formula is C15H19BrN2OS. The summed E-state index contributed by atoms with van der Waals surface area (Å²) in [5.41, 5.74) is 6.49. The van der Waals surface area contributed by atoms with Crippen molar-refractivity contribution in [2.45, 2.75) is 39.2 Å². The molecule has 0 spiro atoms. The lowest BCUT2D eigenvalue weighted by Gasteiger charge is -2.25. The molecule has 5 heteroatoms. The van der Waals surface area contributed by atoms with Crippen LogP contribution in [0.5, 0.6) is 0 Å². The number of nitrogen functional groups attached to an aromatic ring is 1. The zero-order chi connectivity index (χ0) is 14.9. The molecule has 0 bridgehead atoms. The highest BCUT2D eigenvalue weighted by Crippen LogP contribution is 2.38. The van der Waals surface area contributed by atoms with Crippen molar-refractivity contribution < 1.29 is 4.79 Å². The summed E-state index contributed by atoms with van der Waals surface area (Å²) < 4.78 is 1.95. The lowest BCUT2D eigenvalue weighted by Crippen LogP contribution is -2.43. The van der Waals surface area contributed by atoms with Crippen LogP contribution in [-0.2, 0) is 0 Å². The number of anilines is 1. The fourth-order valence-electron chi connectivity index (χ4n) is 2.35.